The van der Waals surface area contributed by atoms with Crippen LogP contribution < -0.4 is 0 Å². The third-order valence-corrected chi connectivity index (χ3v) is 8.19. The topological polar surface area (TPSA) is 41.4 Å². The van der Waals surface area contributed by atoms with Gasteiger partial charge in [-0.25, -0.2) is 4.39 Å². The first-order chi connectivity index (χ1) is 16.2. The summed E-state index contributed by atoms with van der Waals surface area (Å²) < 4.78 is 18.0. The lowest BCUT2D eigenvalue weighted by Crippen LogP contribution is -2.45. The molecule has 2 aromatic heterocycles. The minimum Gasteiger partial charge on any atom is -0.333 e. The normalized spacial score (nSPS) is 20.5. The van der Waals surface area contributed by atoms with Gasteiger partial charge in [0.15, 0.2) is 5.41 Å². The highest BCUT2D eigenvalue weighted by Crippen LogP contribution is 2.45. The van der Waals surface area contributed by atoms with Crippen LogP contribution in [0.2, 0.25) is 4.34 Å². The number of carbonyl (C=O) groups excluding carboxylic acids is 1. The molecule has 0 radical (unpaired) electrons. The van der Waals surface area contributed by atoms with Gasteiger partial charge in [0.25, 0.3) is 0 Å². The summed E-state index contributed by atoms with van der Waals surface area (Å²) in [6.45, 7) is 7.98. The van der Waals surface area contributed by atoms with Crippen molar-refractivity contribution in [1.82, 2.24) is 19.6 Å². The van der Waals surface area contributed by atoms with Gasteiger partial charge in [0.2, 0.25) is 5.91 Å². The van der Waals surface area contributed by atoms with Crippen LogP contribution in [0.4, 0.5) is 4.39 Å². The monoisotopic (exact) mass is 516 g/mol. The van der Waals surface area contributed by atoms with Crippen LogP contribution in [-0.4, -0.2) is 52.2 Å². The van der Waals surface area contributed by atoms with Crippen LogP contribution in [-0.2, 0) is 16.7 Å². The minimum atomic E-state index is -1.68. The number of alkyl halides is 1. The summed E-state index contributed by atoms with van der Waals surface area (Å²) in [6.07, 6.45) is 3.33. The Morgan fingerprint density at radius 2 is 2.03 bits per heavy atom. The Hall–Kier alpha value is -2.05. The predicted molar refractivity (Wildman–Crippen MR) is 139 cm³/mol. The molecule has 1 aromatic carbocycles. The molecule has 0 aliphatic carbocycles. The van der Waals surface area contributed by atoms with Crippen molar-refractivity contribution in [2.75, 3.05) is 26.7 Å². The maximum Gasteiger partial charge on any atom is 0.246 e. The molecule has 34 heavy (non-hydrogen) atoms. The number of aromatic nitrogens is 2. The lowest BCUT2D eigenvalue weighted by Gasteiger charge is -2.36. The number of carbonyl (C=O) groups is 1. The van der Waals surface area contributed by atoms with Gasteiger partial charge in [0, 0.05) is 42.2 Å². The summed E-state index contributed by atoms with van der Waals surface area (Å²) in [7, 11) is 4.35. The van der Waals surface area contributed by atoms with Crippen molar-refractivity contribution >= 4 is 38.1 Å². The molecule has 0 bridgehead atoms. The summed E-state index contributed by atoms with van der Waals surface area (Å²) in [6, 6.07) is 10.3. The van der Waals surface area contributed by atoms with E-state index in [0.717, 1.165) is 40.2 Å². The quantitative estimate of drug-likeness (QED) is 0.335. The second-order valence-corrected chi connectivity index (χ2v) is 12.2. The van der Waals surface area contributed by atoms with Crippen LogP contribution in [0.5, 0.6) is 0 Å². The number of hydrogen-bond acceptors (Lipinski definition) is 4. The Morgan fingerprint density at radius 1 is 1.29 bits per heavy atom. The molecule has 1 saturated heterocycles. The van der Waals surface area contributed by atoms with Gasteiger partial charge in [0.1, 0.15) is 5.69 Å². The van der Waals surface area contributed by atoms with Crippen molar-refractivity contribution in [2.24, 2.45) is 0 Å². The van der Waals surface area contributed by atoms with E-state index in [4.69, 9.17) is 16.7 Å². The molecule has 9 heteroatoms. The highest BCUT2D eigenvalue weighted by atomic mass is 35.5. The number of thiophene rings is 1. The second kappa shape index (κ2) is 8.87. The second-order valence-electron chi connectivity index (χ2n) is 9.31. The fourth-order valence-electron chi connectivity index (χ4n) is 4.96. The number of halogens is 2. The molecular weight excluding hydrogens is 490 g/mol. The molecule has 0 saturated carbocycles. The molecule has 4 heterocycles. The lowest BCUT2D eigenvalue weighted by atomic mass is 9.83. The van der Waals surface area contributed by atoms with E-state index in [0.29, 0.717) is 23.1 Å². The van der Waals surface area contributed by atoms with E-state index in [1.165, 1.54) is 24.3 Å². The average molecular weight is 517 g/mol. The zero-order valence-corrected chi connectivity index (χ0v) is 21.9. The molecule has 1 amide bonds. The molecule has 1 fully saturated rings. The van der Waals surface area contributed by atoms with E-state index in [9.17, 15) is 4.79 Å². The molecule has 178 valence electrons. The van der Waals surface area contributed by atoms with Crippen LogP contribution in [0.3, 0.4) is 0 Å². The van der Waals surface area contributed by atoms with Crippen molar-refractivity contribution in [3.63, 3.8) is 0 Å². The Kier molecular flexibility index (Phi) is 6.18. The van der Waals surface area contributed by atoms with Crippen LogP contribution in [0.15, 0.2) is 49.2 Å². The summed E-state index contributed by atoms with van der Waals surface area (Å²) in [4.78, 5) is 17.6. The number of rotatable bonds is 5. The van der Waals surface area contributed by atoms with Gasteiger partial charge in [-0.1, -0.05) is 51.7 Å². The van der Waals surface area contributed by atoms with Crippen molar-refractivity contribution in [3.05, 3.63) is 75.2 Å². The van der Waals surface area contributed by atoms with Crippen LogP contribution in [0.25, 0.3) is 11.1 Å². The van der Waals surface area contributed by atoms with Gasteiger partial charge in [-0.15, -0.1) is 11.3 Å². The van der Waals surface area contributed by atoms with E-state index in [1.54, 1.807) is 4.90 Å². The summed E-state index contributed by atoms with van der Waals surface area (Å²) in [5.74, 6) is -0.199. The SMILES string of the molecule is C=CC(=O)N1Cc2sc(Cl)cc2[C@H](c2ccccc2-c2cn(C3CN(C)C3)nc2C(C)(F)P)C1. The largest absolute Gasteiger partial charge is 0.333 e. The number of likely N-dealkylation sites (tertiary alicyclic amines) is 1. The fraction of sp³-hybridized carbons (Fsp3) is 0.360. The van der Waals surface area contributed by atoms with E-state index in [1.807, 2.05) is 35.1 Å². The Balaban J connectivity index is 1.64. The van der Waals surface area contributed by atoms with Gasteiger partial charge < -0.3 is 9.80 Å². The summed E-state index contributed by atoms with van der Waals surface area (Å²) >= 11 is 7.91. The van der Waals surface area contributed by atoms with Crippen LogP contribution in [0.1, 0.15) is 40.6 Å². The van der Waals surface area contributed by atoms with Crippen molar-refractivity contribution in [3.8, 4) is 11.1 Å². The molecule has 3 atom stereocenters. The molecule has 2 aliphatic rings. The van der Waals surface area contributed by atoms with Gasteiger partial charge in [-0.3, -0.25) is 9.48 Å². The average Bonchev–Trinajstić information content (AvgIpc) is 3.38. The number of nitrogens with zero attached hydrogens (tertiary/aromatic N) is 4. The zero-order valence-electron chi connectivity index (χ0n) is 19.2. The first-order valence-electron chi connectivity index (χ1n) is 11.2. The van der Waals surface area contributed by atoms with E-state index in [2.05, 4.69) is 33.8 Å². The Morgan fingerprint density at radius 3 is 2.71 bits per heavy atom. The third kappa shape index (κ3) is 4.24. The number of benzene rings is 1. The highest BCUT2D eigenvalue weighted by molar-refractivity contribution is 7.18. The number of amides is 1. The maximum atomic E-state index is 15.4. The molecule has 2 unspecified atom stereocenters. The molecule has 2 aliphatic heterocycles. The Bertz CT molecular complexity index is 1260. The van der Waals surface area contributed by atoms with E-state index in [-0.39, 0.29) is 17.9 Å². The first kappa shape index (κ1) is 23.7. The third-order valence-electron chi connectivity index (χ3n) is 6.65. The molecule has 0 spiro atoms. The van der Waals surface area contributed by atoms with Crippen LogP contribution in [0, 0.1) is 0 Å². The molecule has 0 N–H and O–H groups in total. The number of fused-ring (bicyclic) bond motifs is 1. The fourth-order valence-corrected chi connectivity index (χ4v) is 6.53. The van der Waals surface area contributed by atoms with Crippen molar-refractivity contribution in [1.29, 1.82) is 0 Å². The van der Waals surface area contributed by atoms with E-state index >= 15 is 4.39 Å². The zero-order chi connectivity index (χ0) is 24.2. The first-order valence-corrected chi connectivity index (χ1v) is 13.0. The number of likely N-dealkylation sites (N-methyl/N-ethyl adjacent to an activating group) is 1. The maximum absolute atomic E-state index is 15.4. The smallest absolute Gasteiger partial charge is 0.246 e. The van der Waals surface area contributed by atoms with Crippen molar-refractivity contribution < 1.29 is 9.18 Å². The minimum absolute atomic E-state index is 0.0889. The van der Waals surface area contributed by atoms with E-state index < -0.39 is 5.41 Å². The molecule has 5 rings (SSSR count). The summed E-state index contributed by atoms with van der Waals surface area (Å²) in [5, 5.41) is 3.02. The lowest BCUT2D eigenvalue weighted by molar-refractivity contribution is -0.127. The van der Waals surface area contributed by atoms with Crippen molar-refractivity contribution in [2.45, 2.75) is 30.8 Å². The van der Waals surface area contributed by atoms with Gasteiger partial charge in [-0.2, -0.15) is 5.10 Å². The molecular formula is C25H27ClFN4OPS. The predicted octanol–water partition coefficient (Wildman–Crippen LogP) is 5.43. The van der Waals surface area contributed by atoms with Crippen LogP contribution >= 0.6 is 32.2 Å². The van der Waals surface area contributed by atoms with Gasteiger partial charge in [-0.05, 0) is 42.8 Å². The number of hydrogen-bond donors (Lipinski definition) is 0. The van der Waals surface area contributed by atoms with Gasteiger partial charge >= 0.3 is 0 Å². The Labute approximate surface area is 210 Å². The molecule has 3 aromatic rings. The summed E-state index contributed by atoms with van der Waals surface area (Å²) in [5.41, 5.74) is 4.26. The standard InChI is InChI=1S/C25H27ClFN4OPS/c1-4-23(32)30-12-19(18-9-22(26)34-21(18)14-30)16-7-5-6-8-17(16)20-13-31(15-10-29(3)11-15)28-24(20)25(2,27)33/h4-9,13,15,19H,1,10-12,14,33H2,2-3H3/t19-,25?/m0/s1. The molecule has 5 nitrogen and oxygen atoms in total. The highest BCUT2D eigenvalue weighted by Gasteiger charge is 2.35. The van der Waals surface area contributed by atoms with Gasteiger partial charge in [0.05, 0.1) is 16.9 Å².